The summed E-state index contributed by atoms with van der Waals surface area (Å²) in [5, 5.41) is 0. The first kappa shape index (κ1) is 9.26. The molecule has 28 valence electrons. The van der Waals surface area contributed by atoms with E-state index < -0.39 is 0 Å². The summed E-state index contributed by atoms with van der Waals surface area (Å²) in [5.74, 6) is 0. The normalized spacial score (nSPS) is 4.50. The van der Waals surface area contributed by atoms with Crippen LogP contribution in [-0.2, 0) is 0 Å². The van der Waals surface area contributed by atoms with Crippen molar-refractivity contribution in [3.05, 3.63) is 0 Å². The molecular weight excluding hydrogens is 312 g/mol. The van der Waals surface area contributed by atoms with Crippen molar-refractivity contribution in [3.63, 3.8) is 0 Å². The van der Waals surface area contributed by atoms with E-state index in [1.165, 1.54) is 0 Å². The molecule has 0 bridgehead atoms. The quantitative estimate of drug-likeness (QED) is 0.597. The van der Waals surface area contributed by atoms with E-state index in [1.807, 2.05) is 0 Å². The topological polar surface area (TPSA) is 0 Å². The maximum absolute atomic E-state index is 4.68. The van der Waals surface area contributed by atoms with Gasteiger partial charge in [0, 0.05) is 0 Å². The Morgan fingerprint density at radius 2 is 1.25 bits per heavy atom. The molecule has 0 fully saturated rings. The monoisotopic (exact) mass is 314 g/mol. The second-order valence-electron chi connectivity index (χ2n) is 0.0583. The van der Waals surface area contributed by atoms with Gasteiger partial charge in [-0.15, -0.1) is 0 Å². The average Bonchev–Trinajstić information content (AvgIpc) is 0.918. The molecule has 0 aliphatic heterocycles. The van der Waals surface area contributed by atoms with Crippen molar-refractivity contribution in [2.24, 2.45) is 0 Å². The summed E-state index contributed by atoms with van der Waals surface area (Å²) in [6, 6.07) is 0. The van der Waals surface area contributed by atoms with Crippen LogP contribution in [0.1, 0.15) is 0 Å². The summed E-state index contributed by atoms with van der Waals surface area (Å²) >= 11 is 0. The first-order valence-corrected chi connectivity index (χ1v) is 2.78. The fraction of sp³-hybridized carbons (Fsp3) is 0. The molecule has 0 amide bonds. The minimum absolute atomic E-state index is 0. The van der Waals surface area contributed by atoms with Crippen molar-refractivity contribution in [1.29, 1.82) is 0 Å². The fourth-order valence-corrected chi connectivity index (χ4v) is 0. The zero-order valence-corrected chi connectivity index (χ0v) is 9.70. The molecule has 4 heteroatoms. The first-order valence-electron chi connectivity index (χ1n) is 0.309. The molecular formula is H3BiCl2S. The molecule has 0 atom stereocenters. The van der Waals surface area contributed by atoms with Gasteiger partial charge in [0.2, 0.25) is 0 Å². The van der Waals surface area contributed by atoms with Crippen molar-refractivity contribution in [1.82, 2.24) is 0 Å². The van der Waals surface area contributed by atoms with Crippen LogP contribution in [-0.4, -0.2) is 26.2 Å². The molecule has 0 aliphatic carbocycles. The SMILES string of the molecule is ClSCl.[BiH3]. The van der Waals surface area contributed by atoms with Crippen LogP contribution < -0.4 is 0 Å². The predicted octanol–water partition coefficient (Wildman–Crippen LogP) is 0.843. The molecule has 0 nitrogen and oxygen atoms in total. The predicted molar refractivity (Wildman–Crippen MR) is 29.2 cm³/mol. The fourth-order valence-electron chi connectivity index (χ4n) is 0. The third-order valence-corrected chi connectivity index (χ3v) is 0. The molecule has 0 saturated carbocycles. The van der Waals surface area contributed by atoms with Gasteiger partial charge in [-0.25, -0.2) is 0 Å². The molecule has 0 rings (SSSR count). The first-order chi connectivity index (χ1) is 1.41. The van der Waals surface area contributed by atoms with Gasteiger partial charge in [0.25, 0.3) is 0 Å². The van der Waals surface area contributed by atoms with Crippen LogP contribution in [0.4, 0.5) is 0 Å². The summed E-state index contributed by atoms with van der Waals surface area (Å²) in [4.78, 5) is 0. The van der Waals surface area contributed by atoms with Crippen molar-refractivity contribution < 1.29 is 0 Å². The Balaban J connectivity index is 0. The molecule has 0 unspecified atom stereocenters. The molecule has 0 aromatic carbocycles. The van der Waals surface area contributed by atoms with Crippen LogP contribution in [0, 0.1) is 0 Å². The van der Waals surface area contributed by atoms with Gasteiger partial charge in [-0.05, 0) is 21.4 Å². The molecule has 0 aromatic rings. The average molecular weight is 315 g/mol. The van der Waals surface area contributed by atoms with E-state index in [9.17, 15) is 0 Å². The van der Waals surface area contributed by atoms with Gasteiger partial charge in [0.05, 0.1) is 10.2 Å². The Bertz CT molecular complexity index is 6.00. The Hall–Kier alpha value is 1.81. The van der Waals surface area contributed by atoms with Gasteiger partial charge in [0.15, 0.2) is 0 Å². The van der Waals surface area contributed by atoms with Crippen LogP contribution in [0.25, 0.3) is 0 Å². The minimum atomic E-state index is 0. The number of hydrogen-bond donors (Lipinski definition) is 0. The molecule has 0 saturated heterocycles. The summed E-state index contributed by atoms with van der Waals surface area (Å²) in [6.07, 6.45) is 0. The van der Waals surface area contributed by atoms with Gasteiger partial charge in [-0.1, -0.05) is 0 Å². The zero-order valence-electron chi connectivity index (χ0n) is 1.87. The summed E-state index contributed by atoms with van der Waals surface area (Å²) in [6.45, 7) is 0. The second kappa shape index (κ2) is 8.84. The van der Waals surface area contributed by atoms with Crippen LogP contribution in [0.2, 0.25) is 0 Å². The molecule has 0 aromatic heterocycles. The third-order valence-electron chi connectivity index (χ3n) is 0. The van der Waals surface area contributed by atoms with Crippen LogP contribution in [0.15, 0.2) is 0 Å². The van der Waals surface area contributed by atoms with Gasteiger partial charge in [-0.2, -0.15) is 0 Å². The second-order valence-corrected chi connectivity index (χ2v) is 1.57. The third kappa shape index (κ3) is 9.18. The summed E-state index contributed by atoms with van der Waals surface area (Å²) in [7, 11) is 10.1. The van der Waals surface area contributed by atoms with Gasteiger partial charge < -0.3 is 0 Å². The van der Waals surface area contributed by atoms with Gasteiger partial charge in [-0.3, -0.25) is 0 Å². The zero-order chi connectivity index (χ0) is 2.71. The molecule has 4 heavy (non-hydrogen) atoms. The molecule has 0 spiro atoms. The van der Waals surface area contributed by atoms with Crippen molar-refractivity contribution in [3.8, 4) is 0 Å². The van der Waals surface area contributed by atoms with E-state index in [0.29, 0.717) is 10.2 Å². The standard InChI is InChI=1S/Bi.Cl2S.3H/c;1-3-2;;;. The number of rotatable bonds is 0. The van der Waals surface area contributed by atoms with Crippen LogP contribution in [0.3, 0.4) is 0 Å². The van der Waals surface area contributed by atoms with Crippen molar-refractivity contribution >= 4 is 57.8 Å². The molecule has 0 heterocycles. The Labute approximate surface area is 57.4 Å². The van der Waals surface area contributed by atoms with E-state index in [2.05, 4.69) is 21.4 Å². The van der Waals surface area contributed by atoms with Gasteiger partial charge in [0.1, 0.15) is 0 Å². The van der Waals surface area contributed by atoms with E-state index in [0.717, 1.165) is 0 Å². The van der Waals surface area contributed by atoms with Crippen molar-refractivity contribution in [2.45, 2.75) is 0 Å². The number of hydrogen-bond acceptors (Lipinski definition) is 1. The Morgan fingerprint density at radius 1 is 1.25 bits per heavy atom. The van der Waals surface area contributed by atoms with Gasteiger partial charge >= 0.3 is 26.2 Å². The van der Waals surface area contributed by atoms with Crippen LogP contribution in [0.5, 0.6) is 0 Å². The Morgan fingerprint density at radius 3 is 1.25 bits per heavy atom. The molecule has 0 N–H and O–H groups in total. The van der Waals surface area contributed by atoms with Crippen molar-refractivity contribution in [2.75, 3.05) is 0 Å². The van der Waals surface area contributed by atoms with E-state index in [4.69, 9.17) is 0 Å². The van der Waals surface area contributed by atoms with Crippen LogP contribution >= 0.6 is 31.6 Å². The van der Waals surface area contributed by atoms with E-state index >= 15 is 0 Å². The van der Waals surface area contributed by atoms with E-state index in [-0.39, 0.29) is 26.2 Å². The summed E-state index contributed by atoms with van der Waals surface area (Å²) in [5.41, 5.74) is 0. The molecule has 0 aliphatic rings. The Kier molecular flexibility index (Phi) is 20.5. The summed E-state index contributed by atoms with van der Waals surface area (Å²) < 4.78 is 0. The van der Waals surface area contributed by atoms with E-state index in [1.54, 1.807) is 0 Å². The number of halogens is 2. The molecule has 0 radical (unpaired) electrons. The maximum atomic E-state index is 4.68.